The number of imidazole rings is 1. The molecular weight excluding hydrogens is 368 g/mol. The fraction of sp³-hybridized carbons (Fsp3) is 0.158. The summed E-state index contributed by atoms with van der Waals surface area (Å²) >= 11 is 6.18. The molecule has 2 aromatic carbocycles. The lowest BCUT2D eigenvalue weighted by atomic mass is 10.1. The van der Waals surface area contributed by atoms with E-state index in [0.717, 1.165) is 5.56 Å². The molecule has 0 bridgehead atoms. The highest BCUT2D eigenvalue weighted by atomic mass is 35.5. The number of nitro groups is 1. The van der Waals surface area contributed by atoms with Crippen molar-refractivity contribution in [3.8, 4) is 5.69 Å². The second-order valence-electron chi connectivity index (χ2n) is 5.84. The maximum atomic E-state index is 12.9. The Bertz CT molecular complexity index is 973. The van der Waals surface area contributed by atoms with E-state index in [1.165, 1.54) is 23.2 Å². The molecule has 3 rings (SSSR count). The van der Waals surface area contributed by atoms with Gasteiger partial charge in [0.2, 0.25) is 0 Å². The summed E-state index contributed by atoms with van der Waals surface area (Å²) in [7, 11) is 0. The fourth-order valence-electron chi connectivity index (χ4n) is 2.76. The highest BCUT2D eigenvalue weighted by Gasteiger charge is 2.22. The van der Waals surface area contributed by atoms with Gasteiger partial charge in [0.25, 0.3) is 11.6 Å². The molecule has 0 N–H and O–H groups in total. The van der Waals surface area contributed by atoms with E-state index in [4.69, 9.17) is 11.6 Å². The van der Waals surface area contributed by atoms with Gasteiger partial charge in [0, 0.05) is 42.1 Å². The lowest BCUT2D eigenvalue weighted by Gasteiger charge is -2.22. The number of rotatable bonds is 6. The van der Waals surface area contributed by atoms with E-state index in [1.54, 1.807) is 29.3 Å². The average Bonchev–Trinajstić information content (AvgIpc) is 3.21. The van der Waals surface area contributed by atoms with Gasteiger partial charge >= 0.3 is 0 Å². The molecule has 1 aromatic heterocycles. The van der Waals surface area contributed by atoms with Crippen molar-refractivity contribution >= 4 is 23.2 Å². The van der Waals surface area contributed by atoms with Gasteiger partial charge in [-0.3, -0.25) is 14.9 Å². The predicted molar refractivity (Wildman–Crippen MR) is 102 cm³/mol. The maximum Gasteiger partial charge on any atom is 0.294 e. The second kappa shape index (κ2) is 8.01. The van der Waals surface area contributed by atoms with Gasteiger partial charge in [0.05, 0.1) is 11.3 Å². The van der Waals surface area contributed by atoms with E-state index >= 15 is 0 Å². The first-order valence-electron chi connectivity index (χ1n) is 8.30. The number of hydrogen-bond acceptors (Lipinski definition) is 4. The Morgan fingerprint density at radius 1 is 1.30 bits per heavy atom. The largest absolute Gasteiger partial charge is 0.335 e. The Hall–Kier alpha value is -3.19. The summed E-state index contributed by atoms with van der Waals surface area (Å²) in [5.74, 6) is -0.294. The van der Waals surface area contributed by atoms with Gasteiger partial charge in [-0.15, -0.1) is 0 Å². The Labute approximate surface area is 161 Å². The fourth-order valence-corrected chi connectivity index (χ4v) is 2.96. The molecule has 0 atom stereocenters. The summed E-state index contributed by atoms with van der Waals surface area (Å²) in [4.78, 5) is 29.4. The number of halogens is 1. The average molecular weight is 385 g/mol. The normalized spacial score (nSPS) is 10.6. The van der Waals surface area contributed by atoms with Crippen LogP contribution in [0, 0.1) is 10.1 Å². The molecule has 3 aromatic rings. The van der Waals surface area contributed by atoms with E-state index in [2.05, 4.69) is 4.98 Å². The number of nitrogens with zero attached hydrogens (tertiary/aromatic N) is 4. The van der Waals surface area contributed by atoms with Crippen LogP contribution in [0.15, 0.2) is 61.2 Å². The molecule has 0 fully saturated rings. The van der Waals surface area contributed by atoms with Gasteiger partial charge in [-0.2, -0.15) is 0 Å². The topological polar surface area (TPSA) is 81.3 Å². The van der Waals surface area contributed by atoms with Crippen molar-refractivity contribution in [3.63, 3.8) is 0 Å². The summed E-state index contributed by atoms with van der Waals surface area (Å²) in [6.45, 7) is 2.62. The summed E-state index contributed by atoms with van der Waals surface area (Å²) < 4.78 is 1.54. The third-order valence-electron chi connectivity index (χ3n) is 4.19. The molecule has 8 heteroatoms. The van der Waals surface area contributed by atoms with Crippen molar-refractivity contribution in [2.24, 2.45) is 0 Å². The lowest BCUT2D eigenvalue weighted by molar-refractivity contribution is -0.384. The minimum Gasteiger partial charge on any atom is -0.335 e. The van der Waals surface area contributed by atoms with E-state index < -0.39 is 4.92 Å². The number of carbonyl (C=O) groups is 1. The highest BCUT2D eigenvalue weighted by Crippen LogP contribution is 2.25. The van der Waals surface area contributed by atoms with Gasteiger partial charge in [-0.05, 0) is 30.7 Å². The molecule has 1 amide bonds. The van der Waals surface area contributed by atoms with Crippen molar-refractivity contribution in [3.05, 3.63) is 87.4 Å². The first-order chi connectivity index (χ1) is 13.0. The number of hydrogen-bond donors (Lipinski definition) is 0. The molecule has 0 saturated heterocycles. The van der Waals surface area contributed by atoms with E-state index in [0.29, 0.717) is 23.8 Å². The van der Waals surface area contributed by atoms with Crippen molar-refractivity contribution in [2.45, 2.75) is 13.5 Å². The Kier molecular flexibility index (Phi) is 5.52. The summed E-state index contributed by atoms with van der Waals surface area (Å²) in [5.41, 5.74) is 1.26. The van der Waals surface area contributed by atoms with Crippen LogP contribution in [0.4, 0.5) is 5.69 Å². The van der Waals surface area contributed by atoms with E-state index in [9.17, 15) is 14.9 Å². The van der Waals surface area contributed by atoms with Crippen LogP contribution in [0.3, 0.4) is 0 Å². The minimum atomic E-state index is -0.504. The molecule has 0 unspecified atom stereocenters. The first-order valence-corrected chi connectivity index (χ1v) is 8.68. The van der Waals surface area contributed by atoms with Gasteiger partial charge < -0.3 is 9.47 Å². The number of nitro benzene ring substituents is 1. The zero-order valence-electron chi connectivity index (χ0n) is 14.6. The zero-order valence-corrected chi connectivity index (χ0v) is 15.3. The van der Waals surface area contributed by atoms with Gasteiger partial charge in [0.1, 0.15) is 5.69 Å². The molecule has 27 heavy (non-hydrogen) atoms. The van der Waals surface area contributed by atoms with Crippen molar-refractivity contribution < 1.29 is 9.72 Å². The molecule has 0 saturated carbocycles. The summed E-state index contributed by atoms with van der Waals surface area (Å²) in [6.07, 6.45) is 4.62. The predicted octanol–water partition coefficient (Wildman–Crippen LogP) is 4.10. The molecule has 0 radical (unpaired) electrons. The number of aromatic nitrogens is 2. The Balaban J connectivity index is 1.92. The number of amides is 1. The Morgan fingerprint density at radius 3 is 2.70 bits per heavy atom. The van der Waals surface area contributed by atoms with Gasteiger partial charge in [0.15, 0.2) is 0 Å². The smallest absolute Gasteiger partial charge is 0.294 e. The quantitative estimate of drug-likeness (QED) is 0.473. The van der Waals surface area contributed by atoms with Crippen LogP contribution >= 0.6 is 11.6 Å². The maximum absolute atomic E-state index is 12.9. The van der Waals surface area contributed by atoms with Gasteiger partial charge in [-0.25, -0.2) is 4.98 Å². The molecule has 0 aliphatic rings. The van der Waals surface area contributed by atoms with E-state index in [1.807, 2.05) is 25.1 Å². The van der Waals surface area contributed by atoms with Crippen molar-refractivity contribution in [1.82, 2.24) is 14.5 Å². The molecule has 0 aliphatic heterocycles. The number of carbonyl (C=O) groups excluding carboxylic acids is 1. The van der Waals surface area contributed by atoms with Crippen LogP contribution in [-0.4, -0.2) is 31.8 Å². The number of benzene rings is 2. The molecule has 0 aliphatic carbocycles. The third kappa shape index (κ3) is 3.98. The standard InChI is InChI=1S/C19H17ClN4O3/c1-2-22(12-15-5-3-4-6-16(15)20)19(25)14-7-8-17(18(11-14)24(26)27)23-10-9-21-13-23/h3-11,13H,2,12H2,1H3. The monoisotopic (exact) mass is 384 g/mol. The van der Waals surface area contributed by atoms with Crippen LogP contribution in [0.25, 0.3) is 5.69 Å². The zero-order chi connectivity index (χ0) is 19.4. The molecule has 138 valence electrons. The van der Waals surface area contributed by atoms with Crippen molar-refractivity contribution in [2.75, 3.05) is 6.54 Å². The van der Waals surface area contributed by atoms with Crippen LogP contribution in [0.1, 0.15) is 22.8 Å². The third-order valence-corrected chi connectivity index (χ3v) is 4.56. The summed E-state index contributed by atoms with van der Waals surface area (Å²) in [6, 6.07) is 11.7. The molecule has 0 spiro atoms. The second-order valence-corrected chi connectivity index (χ2v) is 6.25. The minimum absolute atomic E-state index is 0.160. The van der Waals surface area contributed by atoms with Crippen LogP contribution in [0.5, 0.6) is 0 Å². The lowest BCUT2D eigenvalue weighted by Crippen LogP contribution is -2.30. The summed E-state index contributed by atoms with van der Waals surface area (Å²) in [5, 5.41) is 12.1. The van der Waals surface area contributed by atoms with Gasteiger partial charge in [-0.1, -0.05) is 29.8 Å². The SMILES string of the molecule is CCN(Cc1ccccc1Cl)C(=O)c1ccc(-n2ccnc2)c([N+](=O)[O-])c1. The molecule has 1 heterocycles. The van der Waals surface area contributed by atoms with Crippen LogP contribution in [-0.2, 0) is 6.54 Å². The first kappa shape index (κ1) is 18.6. The molecule has 7 nitrogen and oxygen atoms in total. The molecular formula is C19H17ClN4O3. The van der Waals surface area contributed by atoms with Crippen LogP contribution in [0.2, 0.25) is 5.02 Å². The van der Waals surface area contributed by atoms with Crippen molar-refractivity contribution in [1.29, 1.82) is 0 Å². The van der Waals surface area contributed by atoms with E-state index in [-0.39, 0.29) is 17.2 Å². The van der Waals surface area contributed by atoms with Crippen LogP contribution < -0.4 is 0 Å². The Morgan fingerprint density at radius 2 is 2.07 bits per heavy atom. The highest BCUT2D eigenvalue weighted by molar-refractivity contribution is 6.31.